The topological polar surface area (TPSA) is 63.2 Å². The van der Waals surface area contributed by atoms with Gasteiger partial charge in [-0.2, -0.15) is 0 Å². The van der Waals surface area contributed by atoms with Crippen LogP contribution >= 0.6 is 27.3 Å². The molecule has 1 saturated carbocycles. The number of nitrogens with zero attached hydrogens (tertiary/aromatic N) is 1. The number of benzene rings is 2. The molecule has 4 rings (SSSR count). The molecule has 0 spiro atoms. The normalized spacial score (nSPS) is 18.3. The van der Waals surface area contributed by atoms with Gasteiger partial charge in [0.25, 0.3) is 5.91 Å². The molecule has 1 heterocycles. The maximum absolute atomic E-state index is 12.9. The molecule has 0 aliphatic heterocycles. The Labute approximate surface area is 189 Å². The molecular weight excluding hydrogens is 462 g/mol. The fourth-order valence-corrected chi connectivity index (χ4v) is 4.77. The second kappa shape index (κ2) is 9.73. The minimum atomic E-state index is -0.0749. The number of carbonyl (C=O) groups excluding carboxylic acids is 1. The maximum Gasteiger partial charge on any atom is 0.263 e. The third kappa shape index (κ3) is 5.28. The number of halogens is 1. The molecule has 2 aromatic carbocycles. The predicted octanol–water partition coefficient (Wildman–Crippen LogP) is 5.83. The minimum absolute atomic E-state index is 0.0330. The summed E-state index contributed by atoms with van der Waals surface area (Å²) in [6.45, 7) is 2.44. The van der Waals surface area contributed by atoms with Crippen molar-refractivity contribution >= 4 is 44.0 Å². The Kier molecular flexibility index (Phi) is 6.82. The molecule has 30 heavy (non-hydrogen) atoms. The molecule has 1 aromatic heterocycles. The van der Waals surface area contributed by atoms with Gasteiger partial charge in [-0.1, -0.05) is 57.6 Å². The molecule has 7 heteroatoms. The highest BCUT2D eigenvalue weighted by atomic mass is 79.9. The second-order valence-electron chi connectivity index (χ2n) is 7.41. The van der Waals surface area contributed by atoms with Gasteiger partial charge in [0.2, 0.25) is 0 Å². The maximum atomic E-state index is 12.9. The highest BCUT2D eigenvalue weighted by Crippen LogP contribution is 2.28. The number of hydrogen-bond acceptors (Lipinski definition) is 5. The lowest BCUT2D eigenvalue weighted by Crippen LogP contribution is -2.41. The molecule has 1 amide bonds. The van der Waals surface area contributed by atoms with E-state index >= 15 is 0 Å². The zero-order chi connectivity index (χ0) is 20.9. The summed E-state index contributed by atoms with van der Waals surface area (Å²) in [5.74, 6) is -0.0749. The molecule has 0 saturated heterocycles. The average molecular weight is 486 g/mol. The highest BCUT2D eigenvalue weighted by molar-refractivity contribution is 9.10. The Morgan fingerprint density at radius 3 is 2.70 bits per heavy atom. The standard InChI is InChI=1S/C23H24BrN3O2S/c1-15-21(30-23(25-15)26-18-12-10-17(24)11-13-18)22(28)27-19-8-5-9-20(19)29-14-16-6-3-2-4-7-16/h2-4,6-7,10-13,19-20H,5,8-9,14H2,1H3,(H,25,26)(H,27,28)/t19-,20-/m0/s1. The number of nitrogens with one attached hydrogen (secondary N) is 2. The van der Waals surface area contributed by atoms with Crippen LogP contribution < -0.4 is 10.6 Å². The van der Waals surface area contributed by atoms with E-state index in [1.165, 1.54) is 11.3 Å². The van der Waals surface area contributed by atoms with Crippen LogP contribution in [0.3, 0.4) is 0 Å². The molecule has 1 aliphatic carbocycles. The lowest BCUT2D eigenvalue weighted by Gasteiger charge is -2.21. The smallest absolute Gasteiger partial charge is 0.263 e. The fourth-order valence-electron chi connectivity index (χ4n) is 3.62. The molecular formula is C23H24BrN3O2S. The number of hydrogen-bond donors (Lipinski definition) is 2. The lowest BCUT2D eigenvalue weighted by molar-refractivity contribution is 0.0272. The number of thiazole rings is 1. The van der Waals surface area contributed by atoms with Crippen LogP contribution in [0.2, 0.25) is 0 Å². The van der Waals surface area contributed by atoms with Gasteiger partial charge >= 0.3 is 0 Å². The van der Waals surface area contributed by atoms with Gasteiger partial charge in [0.1, 0.15) is 4.88 Å². The van der Waals surface area contributed by atoms with Crippen LogP contribution in [0.4, 0.5) is 10.8 Å². The van der Waals surface area contributed by atoms with Gasteiger partial charge in [-0.3, -0.25) is 4.79 Å². The Morgan fingerprint density at radius 2 is 1.93 bits per heavy atom. The van der Waals surface area contributed by atoms with Crippen molar-refractivity contribution in [2.24, 2.45) is 0 Å². The number of amides is 1. The van der Waals surface area contributed by atoms with Gasteiger partial charge < -0.3 is 15.4 Å². The van der Waals surface area contributed by atoms with E-state index in [9.17, 15) is 4.79 Å². The quantitative estimate of drug-likeness (QED) is 0.442. The van der Waals surface area contributed by atoms with Crippen molar-refractivity contribution in [3.8, 4) is 0 Å². The van der Waals surface area contributed by atoms with Crippen LogP contribution in [0.5, 0.6) is 0 Å². The first-order valence-corrected chi connectivity index (χ1v) is 11.7. The summed E-state index contributed by atoms with van der Waals surface area (Å²) in [6, 6.07) is 18.0. The monoisotopic (exact) mass is 485 g/mol. The number of aryl methyl sites for hydroxylation is 1. The summed E-state index contributed by atoms with van der Waals surface area (Å²) in [5, 5.41) is 7.16. The summed E-state index contributed by atoms with van der Waals surface area (Å²) in [4.78, 5) is 18.1. The summed E-state index contributed by atoms with van der Waals surface area (Å²) in [7, 11) is 0. The molecule has 0 bridgehead atoms. The molecule has 0 radical (unpaired) electrons. The van der Waals surface area contributed by atoms with Crippen molar-refractivity contribution in [3.63, 3.8) is 0 Å². The van der Waals surface area contributed by atoms with Gasteiger partial charge in [-0.15, -0.1) is 0 Å². The molecule has 156 valence electrons. The zero-order valence-corrected chi connectivity index (χ0v) is 19.1. The number of anilines is 2. The Morgan fingerprint density at radius 1 is 1.17 bits per heavy atom. The van der Waals surface area contributed by atoms with E-state index in [1.807, 2.05) is 49.4 Å². The molecule has 0 unspecified atom stereocenters. The number of ether oxygens (including phenoxy) is 1. The molecule has 1 aliphatic rings. The van der Waals surface area contributed by atoms with Crippen LogP contribution in [0.15, 0.2) is 59.1 Å². The van der Waals surface area contributed by atoms with Crippen LogP contribution in [0.25, 0.3) is 0 Å². The predicted molar refractivity (Wildman–Crippen MR) is 124 cm³/mol. The van der Waals surface area contributed by atoms with E-state index in [4.69, 9.17) is 4.74 Å². The molecule has 5 nitrogen and oxygen atoms in total. The van der Waals surface area contributed by atoms with E-state index in [1.54, 1.807) is 0 Å². The first-order valence-electron chi connectivity index (χ1n) is 10.0. The van der Waals surface area contributed by atoms with E-state index in [2.05, 4.69) is 43.7 Å². The van der Waals surface area contributed by atoms with Crippen molar-refractivity contribution in [1.29, 1.82) is 0 Å². The number of carbonyl (C=O) groups is 1. The lowest BCUT2D eigenvalue weighted by atomic mass is 10.2. The summed E-state index contributed by atoms with van der Waals surface area (Å²) in [5.41, 5.74) is 2.82. The van der Waals surface area contributed by atoms with E-state index in [0.717, 1.165) is 40.7 Å². The van der Waals surface area contributed by atoms with Crippen LogP contribution in [-0.2, 0) is 11.3 Å². The van der Waals surface area contributed by atoms with Gasteiger partial charge in [0.05, 0.1) is 24.4 Å². The van der Waals surface area contributed by atoms with Gasteiger partial charge in [-0.05, 0) is 56.0 Å². The Balaban J connectivity index is 1.37. The van der Waals surface area contributed by atoms with Crippen molar-refractivity contribution in [1.82, 2.24) is 10.3 Å². The minimum Gasteiger partial charge on any atom is -0.371 e. The van der Waals surface area contributed by atoms with E-state index in [-0.39, 0.29) is 18.1 Å². The summed E-state index contributed by atoms with van der Waals surface area (Å²) < 4.78 is 7.14. The third-order valence-electron chi connectivity index (χ3n) is 5.17. The Hall–Kier alpha value is -2.22. The van der Waals surface area contributed by atoms with Crippen molar-refractivity contribution < 1.29 is 9.53 Å². The first-order chi connectivity index (χ1) is 14.6. The average Bonchev–Trinajstić information content (AvgIpc) is 3.34. The molecule has 2 N–H and O–H groups in total. The van der Waals surface area contributed by atoms with Crippen LogP contribution in [0.1, 0.15) is 40.2 Å². The van der Waals surface area contributed by atoms with E-state index in [0.29, 0.717) is 16.6 Å². The molecule has 3 aromatic rings. The SMILES string of the molecule is Cc1nc(Nc2ccc(Br)cc2)sc1C(=O)N[C@H]1CCC[C@@H]1OCc1ccccc1. The highest BCUT2D eigenvalue weighted by Gasteiger charge is 2.30. The van der Waals surface area contributed by atoms with Gasteiger partial charge in [-0.25, -0.2) is 4.98 Å². The first kappa shape index (κ1) is 21.0. The van der Waals surface area contributed by atoms with Crippen molar-refractivity contribution in [3.05, 3.63) is 75.2 Å². The fraction of sp³-hybridized carbons (Fsp3) is 0.304. The van der Waals surface area contributed by atoms with Crippen LogP contribution in [-0.4, -0.2) is 23.0 Å². The zero-order valence-electron chi connectivity index (χ0n) is 16.7. The largest absolute Gasteiger partial charge is 0.371 e. The van der Waals surface area contributed by atoms with Crippen molar-refractivity contribution in [2.75, 3.05) is 5.32 Å². The summed E-state index contributed by atoms with van der Waals surface area (Å²) in [6.07, 6.45) is 3.01. The third-order valence-corrected chi connectivity index (χ3v) is 6.77. The number of rotatable bonds is 7. The van der Waals surface area contributed by atoms with E-state index < -0.39 is 0 Å². The van der Waals surface area contributed by atoms with Crippen LogP contribution in [0, 0.1) is 6.92 Å². The van der Waals surface area contributed by atoms with Crippen molar-refractivity contribution in [2.45, 2.75) is 44.9 Å². The molecule has 2 atom stereocenters. The second-order valence-corrected chi connectivity index (χ2v) is 9.33. The Bertz CT molecular complexity index is 991. The summed E-state index contributed by atoms with van der Waals surface area (Å²) >= 11 is 4.81. The number of aromatic nitrogens is 1. The molecule has 1 fully saturated rings. The van der Waals surface area contributed by atoms with Gasteiger partial charge in [0.15, 0.2) is 5.13 Å². The van der Waals surface area contributed by atoms with Gasteiger partial charge in [0, 0.05) is 10.2 Å².